The zero-order chi connectivity index (χ0) is 14.4. The molecule has 7 nitrogen and oxygen atoms in total. The van der Waals surface area contributed by atoms with E-state index in [0.29, 0.717) is 17.7 Å². The van der Waals surface area contributed by atoms with Gasteiger partial charge in [0.2, 0.25) is 0 Å². The van der Waals surface area contributed by atoms with Crippen molar-refractivity contribution >= 4 is 23.6 Å². The number of carboxylic acid groups (broad SMARTS) is 1. The first-order valence-electron chi connectivity index (χ1n) is 5.64. The van der Waals surface area contributed by atoms with Crippen LogP contribution >= 0.6 is 0 Å². The van der Waals surface area contributed by atoms with E-state index in [1.54, 1.807) is 6.92 Å². The molecular formula is C12H15N3O4. The summed E-state index contributed by atoms with van der Waals surface area (Å²) in [4.78, 5) is 33.2. The predicted molar refractivity (Wildman–Crippen MR) is 68.8 cm³/mol. The molecule has 0 saturated heterocycles. The van der Waals surface area contributed by atoms with Crippen molar-refractivity contribution in [3.05, 3.63) is 29.8 Å². The predicted octanol–water partition coefficient (Wildman–Crippen LogP) is 0.770. The van der Waals surface area contributed by atoms with Gasteiger partial charge in [0.15, 0.2) is 0 Å². The summed E-state index contributed by atoms with van der Waals surface area (Å²) in [5, 5.41) is 13.6. The van der Waals surface area contributed by atoms with Gasteiger partial charge in [0.1, 0.15) is 6.04 Å². The lowest BCUT2D eigenvalue weighted by Crippen LogP contribution is -2.40. The van der Waals surface area contributed by atoms with Crippen molar-refractivity contribution in [2.45, 2.75) is 19.4 Å². The quantitative estimate of drug-likeness (QED) is 0.628. The molecule has 19 heavy (non-hydrogen) atoms. The molecule has 0 aromatic heterocycles. The summed E-state index contributed by atoms with van der Waals surface area (Å²) in [6, 6.07) is 4.32. The van der Waals surface area contributed by atoms with E-state index < -0.39 is 23.9 Å². The molecule has 1 aromatic rings. The van der Waals surface area contributed by atoms with Gasteiger partial charge in [0.05, 0.1) is 0 Å². The number of carbonyl (C=O) groups is 3. The number of hydrogen-bond donors (Lipinski definition) is 4. The van der Waals surface area contributed by atoms with Gasteiger partial charge < -0.3 is 21.5 Å². The molecule has 0 aliphatic heterocycles. The van der Waals surface area contributed by atoms with Crippen LogP contribution in [0.2, 0.25) is 0 Å². The van der Waals surface area contributed by atoms with Crippen LogP contribution in [0.15, 0.2) is 24.3 Å². The van der Waals surface area contributed by atoms with E-state index in [9.17, 15) is 14.4 Å². The van der Waals surface area contributed by atoms with Gasteiger partial charge in [-0.2, -0.15) is 0 Å². The Morgan fingerprint density at radius 3 is 2.26 bits per heavy atom. The molecular weight excluding hydrogens is 250 g/mol. The first kappa shape index (κ1) is 14.5. The maximum absolute atomic E-state index is 11.8. The van der Waals surface area contributed by atoms with E-state index in [1.165, 1.54) is 24.3 Å². The van der Waals surface area contributed by atoms with E-state index >= 15 is 0 Å². The van der Waals surface area contributed by atoms with Crippen LogP contribution in [0.4, 0.5) is 10.5 Å². The minimum Gasteiger partial charge on any atom is -0.480 e. The highest BCUT2D eigenvalue weighted by Gasteiger charge is 2.18. The number of aliphatic carboxylic acids is 1. The summed E-state index contributed by atoms with van der Waals surface area (Å²) < 4.78 is 0. The van der Waals surface area contributed by atoms with Gasteiger partial charge in [-0.05, 0) is 30.7 Å². The highest BCUT2D eigenvalue weighted by atomic mass is 16.4. The molecule has 7 heteroatoms. The fourth-order valence-electron chi connectivity index (χ4n) is 1.43. The molecule has 0 bridgehead atoms. The summed E-state index contributed by atoms with van der Waals surface area (Å²) in [6.45, 7) is 1.67. The zero-order valence-electron chi connectivity index (χ0n) is 10.3. The molecule has 0 spiro atoms. The average Bonchev–Trinajstić information content (AvgIpc) is 2.35. The average molecular weight is 265 g/mol. The first-order valence-corrected chi connectivity index (χ1v) is 5.64. The molecule has 1 atom stereocenters. The summed E-state index contributed by atoms with van der Waals surface area (Å²) in [6.07, 6.45) is 0.294. The SMILES string of the molecule is CCC(NC(=O)c1ccc(NC(N)=O)cc1)C(=O)O. The number of anilines is 1. The Balaban J connectivity index is 2.72. The maximum atomic E-state index is 11.8. The van der Waals surface area contributed by atoms with Gasteiger partial charge in [-0.3, -0.25) is 4.79 Å². The Kier molecular flexibility index (Phi) is 4.87. The normalized spacial score (nSPS) is 11.4. The second-order valence-corrected chi connectivity index (χ2v) is 3.84. The molecule has 0 saturated carbocycles. The number of nitrogens with two attached hydrogens (primary N) is 1. The molecule has 1 rings (SSSR count). The lowest BCUT2D eigenvalue weighted by molar-refractivity contribution is -0.139. The lowest BCUT2D eigenvalue weighted by Gasteiger charge is -2.12. The van der Waals surface area contributed by atoms with Crippen LogP contribution in [0.3, 0.4) is 0 Å². The number of rotatable bonds is 5. The molecule has 1 unspecified atom stereocenters. The monoisotopic (exact) mass is 265 g/mol. The number of hydrogen-bond acceptors (Lipinski definition) is 3. The number of amides is 3. The van der Waals surface area contributed by atoms with Crippen LogP contribution in [0.1, 0.15) is 23.7 Å². The Morgan fingerprint density at radius 2 is 1.84 bits per heavy atom. The van der Waals surface area contributed by atoms with E-state index in [0.717, 1.165) is 0 Å². The molecule has 102 valence electrons. The minimum atomic E-state index is -1.08. The molecule has 5 N–H and O–H groups in total. The Bertz CT molecular complexity index is 484. The number of carbonyl (C=O) groups excluding carboxylic acids is 2. The standard InChI is InChI=1S/C12H15N3O4/c1-2-9(11(17)18)15-10(16)7-3-5-8(6-4-7)14-12(13)19/h3-6,9H,2H2,1H3,(H,15,16)(H,17,18)(H3,13,14,19). The van der Waals surface area contributed by atoms with E-state index in [4.69, 9.17) is 10.8 Å². The van der Waals surface area contributed by atoms with E-state index in [2.05, 4.69) is 10.6 Å². The fourth-order valence-corrected chi connectivity index (χ4v) is 1.43. The second-order valence-electron chi connectivity index (χ2n) is 3.84. The first-order chi connectivity index (χ1) is 8.93. The van der Waals surface area contributed by atoms with Gasteiger partial charge in [0, 0.05) is 11.3 Å². The van der Waals surface area contributed by atoms with Gasteiger partial charge in [-0.25, -0.2) is 9.59 Å². The number of nitrogens with one attached hydrogen (secondary N) is 2. The van der Waals surface area contributed by atoms with Crippen molar-refractivity contribution < 1.29 is 19.5 Å². The van der Waals surface area contributed by atoms with Crippen molar-refractivity contribution in [2.75, 3.05) is 5.32 Å². The minimum absolute atomic E-state index is 0.294. The molecule has 0 radical (unpaired) electrons. The van der Waals surface area contributed by atoms with Crippen LogP contribution < -0.4 is 16.4 Å². The van der Waals surface area contributed by atoms with Crippen LogP contribution in [0.25, 0.3) is 0 Å². The third-order valence-electron chi connectivity index (χ3n) is 2.43. The number of carboxylic acids is 1. The van der Waals surface area contributed by atoms with Crippen molar-refractivity contribution in [1.29, 1.82) is 0 Å². The molecule has 0 heterocycles. The molecule has 0 aliphatic carbocycles. The smallest absolute Gasteiger partial charge is 0.326 e. The largest absolute Gasteiger partial charge is 0.480 e. The number of primary amides is 1. The summed E-state index contributed by atoms with van der Waals surface area (Å²) in [5.41, 5.74) is 5.70. The van der Waals surface area contributed by atoms with Gasteiger partial charge >= 0.3 is 12.0 Å². The number of benzene rings is 1. The Morgan fingerprint density at radius 1 is 1.26 bits per heavy atom. The maximum Gasteiger partial charge on any atom is 0.326 e. The van der Waals surface area contributed by atoms with Crippen molar-refractivity contribution in [1.82, 2.24) is 5.32 Å². The van der Waals surface area contributed by atoms with Crippen molar-refractivity contribution in [3.8, 4) is 0 Å². The van der Waals surface area contributed by atoms with Crippen LogP contribution in [-0.2, 0) is 4.79 Å². The fraction of sp³-hybridized carbons (Fsp3) is 0.250. The third-order valence-corrected chi connectivity index (χ3v) is 2.43. The van der Waals surface area contributed by atoms with Gasteiger partial charge in [-0.15, -0.1) is 0 Å². The summed E-state index contributed by atoms with van der Waals surface area (Å²) >= 11 is 0. The third kappa shape index (κ3) is 4.30. The van der Waals surface area contributed by atoms with Crippen LogP contribution in [-0.4, -0.2) is 29.1 Å². The summed E-state index contributed by atoms with van der Waals surface area (Å²) in [5.74, 6) is -1.57. The van der Waals surface area contributed by atoms with Gasteiger partial charge in [0.25, 0.3) is 5.91 Å². The highest BCUT2D eigenvalue weighted by Crippen LogP contribution is 2.09. The topological polar surface area (TPSA) is 122 Å². The van der Waals surface area contributed by atoms with E-state index in [-0.39, 0.29) is 0 Å². The second kappa shape index (κ2) is 6.39. The Hall–Kier alpha value is -2.57. The van der Waals surface area contributed by atoms with Crippen LogP contribution in [0.5, 0.6) is 0 Å². The Labute approximate surface area is 109 Å². The molecule has 3 amide bonds. The molecule has 1 aromatic carbocycles. The molecule has 0 fully saturated rings. The lowest BCUT2D eigenvalue weighted by atomic mass is 10.1. The zero-order valence-corrected chi connectivity index (χ0v) is 10.3. The summed E-state index contributed by atoms with van der Waals surface area (Å²) in [7, 11) is 0. The van der Waals surface area contributed by atoms with Crippen LogP contribution in [0, 0.1) is 0 Å². The van der Waals surface area contributed by atoms with Gasteiger partial charge in [-0.1, -0.05) is 6.92 Å². The van der Waals surface area contributed by atoms with Crippen molar-refractivity contribution in [3.63, 3.8) is 0 Å². The van der Waals surface area contributed by atoms with E-state index in [1.807, 2.05) is 0 Å². The molecule has 0 aliphatic rings. The number of urea groups is 1. The van der Waals surface area contributed by atoms with Crippen molar-refractivity contribution in [2.24, 2.45) is 5.73 Å². The highest BCUT2D eigenvalue weighted by molar-refractivity contribution is 5.97.